The molecular formula is C11H18O4S. The van der Waals surface area contributed by atoms with Crippen LogP contribution in [-0.2, 0) is 9.53 Å². The highest BCUT2D eigenvalue weighted by atomic mass is 32.2. The molecule has 2 atom stereocenters. The summed E-state index contributed by atoms with van der Waals surface area (Å²) in [4.78, 5) is 11.6. The van der Waals surface area contributed by atoms with Crippen molar-refractivity contribution in [1.29, 1.82) is 0 Å². The second-order valence-electron chi connectivity index (χ2n) is 4.73. The third-order valence-corrected chi connectivity index (χ3v) is 5.04. The van der Waals surface area contributed by atoms with Crippen molar-refractivity contribution < 1.29 is 19.7 Å². The van der Waals surface area contributed by atoms with Crippen molar-refractivity contribution in [2.45, 2.75) is 31.3 Å². The zero-order valence-corrected chi connectivity index (χ0v) is 10.1. The first-order valence-electron chi connectivity index (χ1n) is 5.72. The molecule has 0 aliphatic carbocycles. The number of aliphatic carboxylic acids is 1. The van der Waals surface area contributed by atoms with Crippen LogP contribution in [0.15, 0.2) is 0 Å². The summed E-state index contributed by atoms with van der Waals surface area (Å²) < 4.78 is 5.29. The molecular weight excluding hydrogens is 228 g/mol. The molecule has 0 radical (unpaired) electrons. The highest BCUT2D eigenvalue weighted by Gasteiger charge is 2.57. The average molecular weight is 246 g/mol. The highest BCUT2D eigenvalue weighted by molar-refractivity contribution is 7.99. The van der Waals surface area contributed by atoms with Crippen molar-refractivity contribution in [2.24, 2.45) is 5.41 Å². The Morgan fingerprint density at radius 1 is 1.31 bits per heavy atom. The molecule has 2 N–H and O–H groups in total. The zero-order valence-electron chi connectivity index (χ0n) is 9.28. The maximum atomic E-state index is 11.6. The van der Waals surface area contributed by atoms with E-state index in [1.54, 1.807) is 11.8 Å². The maximum absolute atomic E-state index is 11.6. The lowest BCUT2D eigenvalue weighted by atomic mass is 9.67. The average Bonchev–Trinajstić information content (AvgIpc) is 2.30. The summed E-state index contributed by atoms with van der Waals surface area (Å²) in [5.41, 5.74) is -2.18. The largest absolute Gasteiger partial charge is 0.481 e. The Morgan fingerprint density at radius 2 is 2.12 bits per heavy atom. The monoisotopic (exact) mass is 246 g/mol. The van der Waals surface area contributed by atoms with Gasteiger partial charge in [-0.25, -0.2) is 0 Å². The van der Waals surface area contributed by atoms with Crippen LogP contribution in [0.2, 0.25) is 0 Å². The second-order valence-corrected chi connectivity index (χ2v) is 5.84. The predicted molar refractivity (Wildman–Crippen MR) is 61.6 cm³/mol. The molecule has 2 heterocycles. The van der Waals surface area contributed by atoms with Gasteiger partial charge in [-0.15, -0.1) is 0 Å². The Kier molecular flexibility index (Phi) is 3.47. The first-order valence-corrected chi connectivity index (χ1v) is 6.87. The quantitative estimate of drug-likeness (QED) is 0.764. The molecule has 0 aromatic heterocycles. The van der Waals surface area contributed by atoms with E-state index in [4.69, 9.17) is 4.74 Å². The summed E-state index contributed by atoms with van der Waals surface area (Å²) in [6, 6.07) is 0. The molecule has 0 aromatic rings. The summed E-state index contributed by atoms with van der Waals surface area (Å²) in [6.07, 6.45) is 2.71. The Hall–Kier alpha value is -0.260. The van der Waals surface area contributed by atoms with Gasteiger partial charge >= 0.3 is 5.97 Å². The lowest BCUT2D eigenvalue weighted by molar-refractivity contribution is -0.188. The van der Waals surface area contributed by atoms with Crippen molar-refractivity contribution >= 4 is 17.7 Å². The minimum atomic E-state index is -1.18. The van der Waals surface area contributed by atoms with Crippen LogP contribution in [0, 0.1) is 5.41 Å². The third kappa shape index (κ3) is 1.85. The second kappa shape index (κ2) is 4.55. The fraction of sp³-hybridized carbons (Fsp3) is 0.909. The van der Waals surface area contributed by atoms with Crippen LogP contribution in [-0.4, -0.2) is 46.5 Å². The number of carbonyl (C=O) groups is 1. The first kappa shape index (κ1) is 12.2. The summed E-state index contributed by atoms with van der Waals surface area (Å²) in [6.45, 7) is 0.797. The van der Waals surface area contributed by atoms with Gasteiger partial charge in [0, 0.05) is 12.4 Å². The van der Waals surface area contributed by atoms with Crippen LogP contribution in [0.25, 0.3) is 0 Å². The van der Waals surface area contributed by atoms with Crippen LogP contribution >= 0.6 is 11.8 Å². The molecule has 2 aliphatic heterocycles. The van der Waals surface area contributed by atoms with Gasteiger partial charge in [-0.1, -0.05) is 0 Å². The van der Waals surface area contributed by atoms with Gasteiger partial charge in [0.2, 0.25) is 0 Å². The molecule has 0 aromatic carbocycles. The van der Waals surface area contributed by atoms with E-state index in [1.807, 2.05) is 0 Å². The molecule has 2 rings (SSSR count). The number of carboxylic acid groups (broad SMARTS) is 1. The summed E-state index contributed by atoms with van der Waals surface area (Å²) in [5.74, 6) is 0.626. The van der Waals surface area contributed by atoms with Crippen molar-refractivity contribution in [2.75, 3.05) is 24.7 Å². The number of carboxylic acids is 1. The number of hydrogen-bond acceptors (Lipinski definition) is 4. The molecule has 0 spiro atoms. The molecule has 5 heteroatoms. The topological polar surface area (TPSA) is 66.8 Å². The number of rotatable bonds is 2. The normalized spacial score (nSPS) is 40.6. The van der Waals surface area contributed by atoms with Crippen molar-refractivity contribution in [3.8, 4) is 0 Å². The number of ether oxygens (including phenoxy) is 1. The van der Waals surface area contributed by atoms with Gasteiger partial charge in [0.05, 0.1) is 6.61 Å². The lowest BCUT2D eigenvalue weighted by Crippen LogP contribution is -2.60. The third-order valence-electron chi connectivity index (χ3n) is 3.76. The van der Waals surface area contributed by atoms with Gasteiger partial charge in [-0.2, -0.15) is 11.8 Å². The molecule has 0 bridgehead atoms. The van der Waals surface area contributed by atoms with E-state index in [0.29, 0.717) is 25.2 Å². The fourth-order valence-electron chi connectivity index (χ4n) is 2.69. The molecule has 92 valence electrons. The molecule has 16 heavy (non-hydrogen) atoms. The van der Waals surface area contributed by atoms with Gasteiger partial charge in [-0.05, 0) is 31.4 Å². The van der Waals surface area contributed by atoms with E-state index >= 15 is 0 Å². The zero-order chi connectivity index (χ0) is 11.6. The molecule has 2 fully saturated rings. The van der Waals surface area contributed by atoms with Crippen LogP contribution in [0.3, 0.4) is 0 Å². The van der Waals surface area contributed by atoms with Gasteiger partial charge in [0.1, 0.15) is 11.0 Å². The minimum Gasteiger partial charge on any atom is -0.481 e. The van der Waals surface area contributed by atoms with Crippen LogP contribution in [0.4, 0.5) is 0 Å². The Labute approximate surface area is 99.4 Å². The van der Waals surface area contributed by atoms with Gasteiger partial charge in [0.25, 0.3) is 0 Å². The van der Waals surface area contributed by atoms with Gasteiger partial charge in [0.15, 0.2) is 0 Å². The minimum absolute atomic E-state index is 0.167. The van der Waals surface area contributed by atoms with E-state index in [1.165, 1.54) is 0 Å². The SMILES string of the molecule is O=C(O)C1(C2(O)CCCOC2)CCCSC1. The molecule has 0 amide bonds. The Bertz CT molecular complexity index is 267. The van der Waals surface area contributed by atoms with Gasteiger partial charge in [-0.3, -0.25) is 4.79 Å². The standard InChI is InChI=1S/C11H18O4S/c12-9(13)10(3-2-6-16-8-10)11(14)4-1-5-15-7-11/h14H,1-8H2,(H,12,13). The Morgan fingerprint density at radius 3 is 2.62 bits per heavy atom. The predicted octanol–water partition coefficient (Wildman–Crippen LogP) is 1.13. The van der Waals surface area contributed by atoms with E-state index in [-0.39, 0.29) is 6.61 Å². The number of hydrogen-bond donors (Lipinski definition) is 2. The smallest absolute Gasteiger partial charge is 0.313 e. The van der Waals surface area contributed by atoms with E-state index in [2.05, 4.69) is 0 Å². The van der Waals surface area contributed by atoms with Crippen molar-refractivity contribution in [1.82, 2.24) is 0 Å². The van der Waals surface area contributed by atoms with Crippen LogP contribution < -0.4 is 0 Å². The van der Waals surface area contributed by atoms with E-state index in [9.17, 15) is 15.0 Å². The summed E-state index contributed by atoms with van der Waals surface area (Å²) in [5, 5.41) is 20.1. The number of thioether (sulfide) groups is 1. The van der Waals surface area contributed by atoms with E-state index in [0.717, 1.165) is 18.6 Å². The van der Waals surface area contributed by atoms with Crippen LogP contribution in [0.1, 0.15) is 25.7 Å². The number of aliphatic hydroxyl groups is 1. The molecule has 2 saturated heterocycles. The van der Waals surface area contributed by atoms with Crippen molar-refractivity contribution in [3.05, 3.63) is 0 Å². The Balaban J connectivity index is 2.26. The molecule has 0 saturated carbocycles. The maximum Gasteiger partial charge on any atom is 0.313 e. The lowest BCUT2D eigenvalue weighted by Gasteiger charge is -2.47. The van der Waals surface area contributed by atoms with Crippen LogP contribution in [0.5, 0.6) is 0 Å². The van der Waals surface area contributed by atoms with Gasteiger partial charge < -0.3 is 14.9 Å². The van der Waals surface area contributed by atoms with E-state index < -0.39 is 17.0 Å². The molecule has 2 aliphatic rings. The molecule has 4 nitrogen and oxygen atoms in total. The highest BCUT2D eigenvalue weighted by Crippen LogP contribution is 2.46. The molecule has 2 unspecified atom stereocenters. The van der Waals surface area contributed by atoms with Crippen molar-refractivity contribution in [3.63, 3.8) is 0 Å². The summed E-state index contributed by atoms with van der Waals surface area (Å²) in [7, 11) is 0. The fourth-order valence-corrected chi connectivity index (χ4v) is 4.06. The first-order chi connectivity index (χ1) is 7.61. The summed E-state index contributed by atoms with van der Waals surface area (Å²) >= 11 is 1.63.